The van der Waals surface area contributed by atoms with Crippen LogP contribution in [0.3, 0.4) is 0 Å². The predicted octanol–water partition coefficient (Wildman–Crippen LogP) is 4.59. The van der Waals surface area contributed by atoms with Gasteiger partial charge in [0.2, 0.25) is 59.7 Å². The Morgan fingerprint density at radius 1 is 0.500 bits per heavy atom. The molecule has 2 fully saturated rings. The number of benzene rings is 7. The number of rotatable bonds is 17. The van der Waals surface area contributed by atoms with Crippen LogP contribution in [0, 0.1) is 5.92 Å². The van der Waals surface area contributed by atoms with Crippen molar-refractivity contribution >= 4 is 99.7 Å². The number of phenolic OH excluding ortho intramolecular Hbond substituents is 4. The van der Waals surface area contributed by atoms with E-state index in [1.165, 1.54) is 19.2 Å². The number of carbonyl (C=O) groups is 9. The number of amides is 7. The van der Waals surface area contributed by atoms with Crippen LogP contribution in [-0.2, 0) is 52.6 Å². The Morgan fingerprint density at radius 3 is 1.77 bits per heavy atom. The van der Waals surface area contributed by atoms with Gasteiger partial charge in [0, 0.05) is 40.8 Å². The van der Waals surface area contributed by atoms with E-state index in [1.807, 2.05) is 0 Å². The fourth-order valence-electron chi connectivity index (χ4n) is 15.2. The van der Waals surface area contributed by atoms with Gasteiger partial charge in [0.25, 0.3) is 0 Å². The normalized spacial score (nSPS) is 26.9. The van der Waals surface area contributed by atoms with Gasteiger partial charge in [-0.1, -0.05) is 111 Å². The van der Waals surface area contributed by atoms with E-state index < -0.39 is 304 Å². The molecule has 124 heavy (non-hydrogen) atoms. The van der Waals surface area contributed by atoms with Crippen molar-refractivity contribution in [3.63, 3.8) is 0 Å². The summed E-state index contributed by atoms with van der Waals surface area (Å²) in [5.74, 6) is -21.6. The van der Waals surface area contributed by atoms with Crippen molar-refractivity contribution in [3.8, 4) is 80.1 Å². The van der Waals surface area contributed by atoms with Gasteiger partial charge in [-0.2, -0.15) is 0 Å². The SMILES string of the molecule is CN[C@@H]1C(=O)N[C@H]2C(=O)N[C@H](C(=O)N[C@H]3C(=O)N[C@H]4C(=O)N[C@H](C(=O)NC(C(=O)O)c5cc(O)cc(O[C@H]6O[C@@H](CO)[C@H](O)[C@@H](O)[C@H]6O)c5-c5cc4ccc5O)[C@H](O)c4cc(Cl)c(c(Cl)c4)Oc4cc3cc(c4O[C@H]3O[C@@H](C(=O)O)[C@H](O)[C@@H](O)[C@@H]3NC(=O)CCCCCCCC(C)C)Oc3ccc(cc3Cl)[C@H]2O)c2cc(cc(O)c2Cl)Oc2cc1ccc2O. The number of aromatic hydroxyl groups is 4. The quantitative estimate of drug-likeness (QED) is 0.0554. The van der Waals surface area contributed by atoms with E-state index in [-0.39, 0.29) is 17.5 Å². The number of halogens is 4. The molecule has 7 aromatic carbocycles. The number of nitrogens with one attached hydrogen (secondary N) is 8. The van der Waals surface area contributed by atoms with E-state index in [2.05, 4.69) is 56.4 Å². The van der Waals surface area contributed by atoms with Gasteiger partial charge in [-0.3, -0.25) is 33.6 Å². The maximum Gasteiger partial charge on any atom is 0.335 e. The number of ether oxygens (including phenoxy) is 7. The number of carboxylic acids is 2. The van der Waals surface area contributed by atoms with E-state index in [0.29, 0.717) is 18.8 Å². The molecule has 19 atom stereocenters. The highest BCUT2D eigenvalue weighted by Crippen LogP contribution is 2.52. The van der Waals surface area contributed by atoms with Crippen molar-refractivity contribution < 1.29 is 148 Å². The molecule has 0 radical (unpaired) electrons. The standard InChI is InChI=1S/C82H84Cl4N8O30/c1-29(2)9-7-5-4-6-8-10-52(100)88-62-66(104)68(106)72(80(116)117)124-81(62)123-71-49-22-33-23-50(71)120-70-41(84)19-34(20-42(70)85)64(102)61-78(113)92-59(79(114)115)38-24-35(96)25-48(121-82-69(107)67(105)65(103)51(28-95)122-82)53(38)37-17-30(11-14-43(37)97)56(74(109)94-61)89-75(110)57(33)90-76(111)58-39-26-36(27-45(99)54(39)86)118-47-21-31(12-15-44(47)98)55(87-3)73(108)93-60(77(112)91-58)63(101)32-13-16-46(119-49)40(83)18-32/h11-27,29,51,55-69,72,81-82,87,95-99,101-107H,4-10,28H2,1-3H3,(H,88,100)(H,89,110)(H,90,111)(H,91,112)(H,92,113)(H,93,108)(H,94,109)(H,114,115)(H,116,117)/t51-,55-,56+,57+,58-,59?,60+,61-,62-,63+,64+,65-,66-,67+,68+,69+,72+,81-,82-/m0/s1. The molecule has 7 aromatic rings. The maximum atomic E-state index is 16.7. The molecule has 22 N–H and O–H groups in total. The molecule has 38 nitrogen and oxygen atoms in total. The van der Waals surface area contributed by atoms with Crippen LogP contribution >= 0.6 is 46.4 Å². The summed E-state index contributed by atoms with van der Waals surface area (Å²) in [7, 11) is 1.34. The molecule has 0 saturated carbocycles. The number of aliphatic hydroxyl groups excluding tert-OH is 8. The summed E-state index contributed by atoms with van der Waals surface area (Å²) in [6.07, 6.45) is -20.1. The Morgan fingerprint density at radius 2 is 1.10 bits per heavy atom. The summed E-state index contributed by atoms with van der Waals surface area (Å²) in [6.45, 7) is 3.16. The van der Waals surface area contributed by atoms with Crippen LogP contribution in [0.25, 0.3) is 11.1 Å². The van der Waals surface area contributed by atoms with Gasteiger partial charge in [-0.15, -0.1) is 0 Å². The molecule has 8 heterocycles. The minimum Gasteiger partial charge on any atom is -0.508 e. The van der Waals surface area contributed by atoms with E-state index >= 15 is 24.0 Å². The highest BCUT2D eigenvalue weighted by molar-refractivity contribution is 6.37. The zero-order valence-corrected chi connectivity index (χ0v) is 68.3. The van der Waals surface area contributed by atoms with Crippen molar-refractivity contribution in [1.82, 2.24) is 42.5 Å². The number of hydrogen-bond donors (Lipinski definition) is 22. The molecule has 7 amide bonds. The molecule has 0 aromatic heterocycles. The number of carboxylic acid groups (broad SMARTS) is 2. The molecule has 0 spiro atoms. The van der Waals surface area contributed by atoms with E-state index in [9.17, 15) is 90.7 Å². The summed E-state index contributed by atoms with van der Waals surface area (Å²) >= 11 is 28.5. The van der Waals surface area contributed by atoms with E-state index in [0.717, 1.165) is 117 Å². The lowest BCUT2D eigenvalue weighted by atomic mass is 9.89. The first-order valence-electron chi connectivity index (χ1n) is 38.7. The summed E-state index contributed by atoms with van der Waals surface area (Å²) < 4.78 is 43.8. The molecule has 0 aliphatic carbocycles. The molecule has 8 aliphatic rings. The summed E-state index contributed by atoms with van der Waals surface area (Å²) in [5.41, 5.74) is -4.55. The van der Waals surface area contributed by atoms with Crippen LogP contribution in [0.15, 0.2) is 103 Å². The number of hydrogen-bond acceptors (Lipinski definition) is 29. The lowest BCUT2D eigenvalue weighted by Gasteiger charge is -2.41. The monoisotopic (exact) mass is 1800 g/mol. The molecule has 15 rings (SSSR count). The van der Waals surface area contributed by atoms with E-state index in [4.69, 9.17) is 79.6 Å². The van der Waals surface area contributed by atoms with Crippen LogP contribution in [0.1, 0.15) is 140 Å². The zero-order chi connectivity index (χ0) is 89.5. The largest absolute Gasteiger partial charge is 0.508 e. The van der Waals surface area contributed by atoms with Crippen LogP contribution in [0.2, 0.25) is 20.1 Å². The Kier molecular flexibility index (Phi) is 27.4. The number of phenols is 4. The first-order chi connectivity index (χ1) is 58.9. The Balaban J connectivity index is 1.07. The fourth-order valence-corrected chi connectivity index (χ4v) is 16.2. The number of unbranched alkanes of at least 4 members (excludes halogenated alkanes) is 4. The topological polar surface area (TPSA) is 598 Å². The van der Waals surface area contributed by atoms with Crippen LogP contribution < -0.4 is 66.2 Å². The molecule has 2 saturated heterocycles. The van der Waals surface area contributed by atoms with Crippen molar-refractivity contribution in [1.29, 1.82) is 0 Å². The Bertz CT molecular complexity index is 5340. The zero-order valence-electron chi connectivity index (χ0n) is 65.3. The van der Waals surface area contributed by atoms with Gasteiger partial charge >= 0.3 is 11.9 Å². The maximum absolute atomic E-state index is 16.7. The third-order valence-electron chi connectivity index (χ3n) is 21.6. The molecular formula is C82H84Cl4N8O30. The van der Waals surface area contributed by atoms with Gasteiger partial charge in [-0.25, -0.2) is 9.59 Å². The van der Waals surface area contributed by atoms with Crippen molar-refractivity contribution in [2.24, 2.45) is 5.92 Å². The summed E-state index contributed by atoms with van der Waals surface area (Å²) in [5, 5.41) is 178. The average Bonchev–Trinajstić information content (AvgIpc) is 0.766. The lowest BCUT2D eigenvalue weighted by Crippen LogP contribution is -2.66. The molecule has 1 unspecified atom stereocenters. The number of fused-ring (bicyclic) bond motifs is 14. The highest BCUT2D eigenvalue weighted by Gasteiger charge is 2.52. The number of aliphatic carboxylic acids is 2. The molecule has 42 heteroatoms. The molecule has 17 bridgehead atoms. The molecule has 8 aliphatic heterocycles. The second-order valence-corrected chi connectivity index (χ2v) is 32.2. The smallest absolute Gasteiger partial charge is 0.335 e. The molecular weight excluding hydrogens is 1720 g/mol. The van der Waals surface area contributed by atoms with Gasteiger partial charge in [0.05, 0.1) is 26.7 Å². The first-order valence-corrected chi connectivity index (χ1v) is 40.2. The molecule has 660 valence electrons. The van der Waals surface area contributed by atoms with Crippen molar-refractivity contribution in [2.75, 3.05) is 13.7 Å². The minimum atomic E-state index is -2.59. The van der Waals surface area contributed by atoms with Gasteiger partial charge in [-0.05, 0) is 120 Å². The average molecular weight is 1800 g/mol. The van der Waals surface area contributed by atoms with Gasteiger partial charge < -0.3 is 147 Å². The first kappa shape index (κ1) is 90.4. The third kappa shape index (κ3) is 18.9. The number of carbonyl (C=O) groups excluding carboxylic acids is 7. The summed E-state index contributed by atoms with van der Waals surface area (Å²) in [4.78, 5) is 136. The highest BCUT2D eigenvalue weighted by atomic mass is 35.5. The number of aliphatic hydroxyl groups is 8. The summed E-state index contributed by atoms with van der Waals surface area (Å²) in [6, 6.07) is -1.40. The van der Waals surface area contributed by atoms with Gasteiger partial charge in [0.15, 0.2) is 40.9 Å². The Labute approximate surface area is 722 Å². The van der Waals surface area contributed by atoms with Crippen molar-refractivity contribution in [2.45, 2.75) is 175 Å². The van der Waals surface area contributed by atoms with Crippen LogP contribution in [0.4, 0.5) is 0 Å². The van der Waals surface area contributed by atoms with Gasteiger partial charge in [0.1, 0.15) is 126 Å². The second kappa shape index (κ2) is 37.6. The van der Waals surface area contributed by atoms with Crippen LogP contribution in [0.5, 0.6) is 69.0 Å². The van der Waals surface area contributed by atoms with E-state index in [1.54, 1.807) is 0 Å². The fraction of sp³-hybridized carbons (Fsp3) is 0.378. The minimum absolute atomic E-state index is 0.0705. The van der Waals surface area contributed by atoms with Crippen molar-refractivity contribution in [3.05, 3.63) is 162 Å². The predicted molar refractivity (Wildman–Crippen MR) is 430 cm³/mol. The second-order valence-electron chi connectivity index (χ2n) is 30.6. The lowest BCUT2D eigenvalue weighted by molar-refractivity contribution is -0.277. The third-order valence-corrected chi connectivity index (χ3v) is 22.9. The number of likely N-dealkylation sites (N-methyl/N-ethyl adjacent to an activating group) is 1. The van der Waals surface area contributed by atoms with Crippen LogP contribution in [-0.4, -0.2) is 212 Å². The Hall–Kier alpha value is -11.3.